The maximum atomic E-state index is 12.9. The highest BCUT2D eigenvalue weighted by Crippen LogP contribution is 2.34. The number of para-hydroxylation sites is 1. The van der Waals surface area contributed by atoms with Gasteiger partial charge in [-0.25, -0.2) is 4.98 Å². The third-order valence-corrected chi connectivity index (χ3v) is 5.77. The van der Waals surface area contributed by atoms with Gasteiger partial charge in [-0.3, -0.25) is 9.48 Å². The van der Waals surface area contributed by atoms with Crippen LogP contribution in [0, 0.1) is 6.92 Å². The molecule has 6 heteroatoms. The second-order valence-electron chi connectivity index (χ2n) is 7.64. The number of aryl methyl sites for hydroxylation is 1. The standard InChI is InChI=1S/C22H23N5O/c1-15-12-23-14-26(15)13-16-10-11-19(22(28)24-16)21-18-8-4-5-9-20(18)27(25-21)17-6-2-3-7-17/h4-5,8-12,14,17H,2-3,6-7,13H2,1H3,(H,24,28). The topological polar surface area (TPSA) is 68.5 Å². The molecule has 28 heavy (non-hydrogen) atoms. The first-order valence-electron chi connectivity index (χ1n) is 9.87. The molecule has 3 aromatic heterocycles. The van der Waals surface area contributed by atoms with Gasteiger partial charge in [0.05, 0.1) is 30.0 Å². The molecule has 1 aliphatic carbocycles. The molecule has 0 unspecified atom stereocenters. The molecule has 1 aromatic carbocycles. The molecule has 0 spiro atoms. The number of nitrogens with one attached hydrogen (secondary N) is 1. The highest BCUT2D eigenvalue weighted by atomic mass is 16.1. The van der Waals surface area contributed by atoms with Crippen molar-refractivity contribution in [2.24, 2.45) is 0 Å². The molecule has 5 rings (SSSR count). The van der Waals surface area contributed by atoms with Gasteiger partial charge in [-0.15, -0.1) is 0 Å². The number of hydrogen-bond donors (Lipinski definition) is 1. The maximum absolute atomic E-state index is 12.9. The Labute approximate surface area is 162 Å². The number of hydrogen-bond acceptors (Lipinski definition) is 3. The molecule has 6 nitrogen and oxygen atoms in total. The Morgan fingerprint density at radius 1 is 1.14 bits per heavy atom. The van der Waals surface area contributed by atoms with E-state index in [1.54, 1.807) is 6.33 Å². The van der Waals surface area contributed by atoms with Crippen molar-refractivity contribution in [1.82, 2.24) is 24.3 Å². The Kier molecular flexibility index (Phi) is 4.11. The molecule has 0 atom stereocenters. The Balaban J connectivity index is 1.57. The summed E-state index contributed by atoms with van der Waals surface area (Å²) >= 11 is 0. The van der Waals surface area contributed by atoms with Crippen molar-refractivity contribution >= 4 is 10.9 Å². The third kappa shape index (κ3) is 2.85. The van der Waals surface area contributed by atoms with E-state index >= 15 is 0 Å². The van der Waals surface area contributed by atoms with Crippen LogP contribution in [0.1, 0.15) is 43.1 Å². The van der Waals surface area contributed by atoms with Crippen LogP contribution in [0.25, 0.3) is 22.2 Å². The Bertz CT molecular complexity index is 1190. The van der Waals surface area contributed by atoms with Gasteiger partial charge in [0.1, 0.15) is 5.69 Å². The summed E-state index contributed by atoms with van der Waals surface area (Å²) in [5.41, 5.74) is 4.33. The molecule has 0 amide bonds. The average Bonchev–Trinajstić information content (AvgIpc) is 3.43. The molecule has 142 valence electrons. The second-order valence-corrected chi connectivity index (χ2v) is 7.64. The molecular weight excluding hydrogens is 350 g/mol. The van der Waals surface area contributed by atoms with Crippen molar-refractivity contribution in [3.8, 4) is 11.3 Å². The quantitative estimate of drug-likeness (QED) is 0.586. The fraction of sp³-hybridized carbons (Fsp3) is 0.318. The number of rotatable bonds is 4. The minimum atomic E-state index is -0.0999. The summed E-state index contributed by atoms with van der Waals surface area (Å²) in [6.45, 7) is 2.60. The van der Waals surface area contributed by atoms with Crippen molar-refractivity contribution in [3.05, 3.63) is 70.7 Å². The van der Waals surface area contributed by atoms with Crippen LogP contribution < -0.4 is 5.56 Å². The largest absolute Gasteiger partial charge is 0.329 e. The van der Waals surface area contributed by atoms with E-state index in [2.05, 4.69) is 26.8 Å². The number of nitrogens with zero attached hydrogens (tertiary/aromatic N) is 4. The van der Waals surface area contributed by atoms with Crippen LogP contribution in [0.3, 0.4) is 0 Å². The third-order valence-electron chi connectivity index (χ3n) is 5.77. The predicted octanol–water partition coefficient (Wildman–Crippen LogP) is 4.06. The molecule has 4 aromatic rings. The van der Waals surface area contributed by atoms with E-state index in [0.29, 0.717) is 18.2 Å². The summed E-state index contributed by atoms with van der Waals surface area (Å²) in [7, 11) is 0. The van der Waals surface area contributed by atoms with Crippen molar-refractivity contribution in [2.45, 2.75) is 45.2 Å². The van der Waals surface area contributed by atoms with Gasteiger partial charge in [-0.05, 0) is 38.0 Å². The van der Waals surface area contributed by atoms with Crippen LogP contribution >= 0.6 is 0 Å². The van der Waals surface area contributed by atoms with E-state index < -0.39 is 0 Å². The molecule has 1 N–H and O–H groups in total. The van der Waals surface area contributed by atoms with Gasteiger partial charge in [-0.2, -0.15) is 5.10 Å². The van der Waals surface area contributed by atoms with Crippen molar-refractivity contribution < 1.29 is 0 Å². The van der Waals surface area contributed by atoms with E-state index in [-0.39, 0.29) is 5.56 Å². The minimum Gasteiger partial charge on any atom is -0.329 e. The van der Waals surface area contributed by atoms with Crippen molar-refractivity contribution in [3.63, 3.8) is 0 Å². The van der Waals surface area contributed by atoms with Gasteiger partial charge >= 0.3 is 0 Å². The average molecular weight is 373 g/mol. The summed E-state index contributed by atoms with van der Waals surface area (Å²) < 4.78 is 4.15. The van der Waals surface area contributed by atoms with Gasteiger partial charge in [0, 0.05) is 23.0 Å². The zero-order chi connectivity index (χ0) is 19.1. The molecule has 0 saturated heterocycles. The maximum Gasteiger partial charge on any atom is 0.257 e. The monoisotopic (exact) mass is 373 g/mol. The smallest absolute Gasteiger partial charge is 0.257 e. The number of fused-ring (bicyclic) bond motifs is 1. The van der Waals surface area contributed by atoms with Crippen molar-refractivity contribution in [2.75, 3.05) is 0 Å². The van der Waals surface area contributed by atoms with Gasteiger partial charge in [0.2, 0.25) is 0 Å². The number of H-pyrrole nitrogens is 1. The van der Waals surface area contributed by atoms with Gasteiger partial charge in [0.15, 0.2) is 0 Å². The Hall–Kier alpha value is -3.15. The molecule has 1 fully saturated rings. The van der Waals surface area contributed by atoms with Crippen molar-refractivity contribution in [1.29, 1.82) is 0 Å². The summed E-state index contributed by atoms with van der Waals surface area (Å²) in [4.78, 5) is 20.1. The molecule has 1 aliphatic rings. The van der Waals surface area contributed by atoms with E-state index in [1.165, 1.54) is 12.8 Å². The fourth-order valence-electron chi connectivity index (χ4n) is 4.24. The molecule has 0 radical (unpaired) electrons. The van der Waals surface area contributed by atoms with Gasteiger partial charge < -0.3 is 9.55 Å². The van der Waals surface area contributed by atoms with Crippen LogP contribution in [-0.4, -0.2) is 24.3 Å². The molecule has 0 bridgehead atoms. The lowest BCUT2D eigenvalue weighted by molar-refractivity contribution is 0.483. The van der Waals surface area contributed by atoms with Gasteiger partial charge in [0.25, 0.3) is 5.56 Å². The highest BCUT2D eigenvalue weighted by molar-refractivity contribution is 5.93. The summed E-state index contributed by atoms with van der Waals surface area (Å²) in [6.07, 6.45) is 8.40. The molecule has 1 saturated carbocycles. The minimum absolute atomic E-state index is 0.0999. The SMILES string of the molecule is Cc1cncn1Cc1ccc(-c2nn(C3CCCC3)c3ccccc23)c(=O)[nH]1. The second kappa shape index (κ2) is 6.78. The zero-order valence-corrected chi connectivity index (χ0v) is 15.9. The molecular formula is C22H23N5O. The number of aromatic amines is 1. The highest BCUT2D eigenvalue weighted by Gasteiger charge is 2.22. The van der Waals surface area contributed by atoms with Gasteiger partial charge in [-0.1, -0.05) is 31.0 Å². The summed E-state index contributed by atoms with van der Waals surface area (Å²) in [5.74, 6) is 0. The first-order valence-corrected chi connectivity index (χ1v) is 9.87. The zero-order valence-electron chi connectivity index (χ0n) is 15.9. The molecule has 0 aliphatic heterocycles. The number of imidazole rings is 1. The lowest BCUT2D eigenvalue weighted by Crippen LogP contribution is -2.14. The summed E-state index contributed by atoms with van der Waals surface area (Å²) in [6, 6.07) is 12.5. The lowest BCUT2D eigenvalue weighted by atomic mass is 10.1. The summed E-state index contributed by atoms with van der Waals surface area (Å²) in [5, 5.41) is 5.94. The Morgan fingerprint density at radius 3 is 2.71 bits per heavy atom. The van der Waals surface area contributed by atoms with Crippen LogP contribution in [0.5, 0.6) is 0 Å². The molecule has 3 heterocycles. The van der Waals surface area contributed by atoms with Crippen LogP contribution in [-0.2, 0) is 6.54 Å². The number of aromatic nitrogens is 5. The van der Waals surface area contributed by atoms with E-state index in [0.717, 1.165) is 40.8 Å². The fourth-order valence-corrected chi connectivity index (χ4v) is 4.24. The first-order chi connectivity index (χ1) is 13.7. The van der Waals surface area contributed by atoms with E-state index in [9.17, 15) is 4.79 Å². The lowest BCUT2D eigenvalue weighted by Gasteiger charge is -2.10. The number of pyridine rings is 1. The van der Waals surface area contributed by atoms with E-state index in [4.69, 9.17) is 5.10 Å². The van der Waals surface area contributed by atoms with Crippen LogP contribution in [0.4, 0.5) is 0 Å². The Morgan fingerprint density at radius 2 is 1.96 bits per heavy atom. The van der Waals surface area contributed by atoms with E-state index in [1.807, 2.05) is 42.0 Å². The predicted molar refractivity (Wildman–Crippen MR) is 109 cm³/mol. The van der Waals surface area contributed by atoms with Crippen LogP contribution in [0.2, 0.25) is 0 Å². The first kappa shape index (κ1) is 17.0. The van der Waals surface area contributed by atoms with Crippen LogP contribution in [0.15, 0.2) is 53.7 Å². The number of benzene rings is 1. The normalized spacial score (nSPS) is 14.9.